The molecule has 7 nitrogen and oxygen atoms in total. The monoisotopic (exact) mass is 533 g/mol. The lowest BCUT2D eigenvalue weighted by Crippen LogP contribution is -2.26. The molecule has 1 unspecified atom stereocenters. The molecule has 188 valence electrons. The lowest BCUT2D eigenvalue weighted by atomic mass is 9.95. The van der Waals surface area contributed by atoms with Crippen molar-refractivity contribution in [3.63, 3.8) is 0 Å². The van der Waals surface area contributed by atoms with E-state index in [0.717, 1.165) is 18.2 Å². The van der Waals surface area contributed by atoms with Crippen LogP contribution < -0.4 is 5.43 Å². The SMILES string of the molecule is CCn1c(C)c(-c2cc(C(=O)OC(C)C(C)=O)ccc2F)c(=O)c(C(=O)O)c1-c1ccc(Cl)c(Cl)c1. The number of esters is 1. The third kappa shape index (κ3) is 5.05. The number of pyridine rings is 1. The van der Waals surface area contributed by atoms with E-state index in [1.165, 1.54) is 32.0 Å². The van der Waals surface area contributed by atoms with Gasteiger partial charge in [-0.25, -0.2) is 14.0 Å². The molecule has 1 atom stereocenters. The summed E-state index contributed by atoms with van der Waals surface area (Å²) in [5, 5.41) is 10.4. The zero-order valence-corrected chi connectivity index (χ0v) is 21.3. The van der Waals surface area contributed by atoms with Crippen molar-refractivity contribution in [2.75, 3.05) is 0 Å². The molecule has 0 amide bonds. The average molecular weight is 534 g/mol. The molecule has 3 aromatic rings. The van der Waals surface area contributed by atoms with Gasteiger partial charge in [-0.3, -0.25) is 9.59 Å². The van der Waals surface area contributed by atoms with E-state index in [-0.39, 0.29) is 50.5 Å². The summed E-state index contributed by atoms with van der Waals surface area (Å²) in [7, 11) is 0. The predicted octanol–water partition coefficient (Wildman–Crippen LogP) is 5.79. The van der Waals surface area contributed by atoms with Crippen LogP contribution in [0.1, 0.15) is 47.2 Å². The van der Waals surface area contributed by atoms with Crippen molar-refractivity contribution >= 4 is 40.9 Å². The van der Waals surface area contributed by atoms with Crippen molar-refractivity contribution in [1.82, 2.24) is 4.57 Å². The first-order chi connectivity index (χ1) is 16.9. The van der Waals surface area contributed by atoms with Gasteiger partial charge in [0.1, 0.15) is 11.4 Å². The third-order valence-corrected chi connectivity index (χ3v) is 6.52. The van der Waals surface area contributed by atoms with Crippen molar-refractivity contribution in [1.29, 1.82) is 0 Å². The van der Waals surface area contributed by atoms with E-state index in [2.05, 4.69) is 0 Å². The highest BCUT2D eigenvalue weighted by Gasteiger charge is 2.28. The minimum atomic E-state index is -1.52. The van der Waals surface area contributed by atoms with Crippen molar-refractivity contribution in [2.45, 2.75) is 40.3 Å². The fourth-order valence-corrected chi connectivity index (χ4v) is 4.14. The number of halogens is 3. The number of Topliss-reactive ketones (excluding diaryl/α,β-unsaturated/α-hetero) is 1. The van der Waals surface area contributed by atoms with Crippen molar-refractivity contribution in [3.8, 4) is 22.4 Å². The molecule has 0 spiro atoms. The Morgan fingerprint density at radius 1 is 1.11 bits per heavy atom. The van der Waals surface area contributed by atoms with Crippen LogP contribution in [0.25, 0.3) is 22.4 Å². The average Bonchev–Trinajstić information content (AvgIpc) is 2.81. The van der Waals surface area contributed by atoms with Gasteiger partial charge in [0.2, 0.25) is 5.43 Å². The normalized spacial score (nSPS) is 11.8. The highest BCUT2D eigenvalue weighted by Crippen LogP contribution is 2.34. The Hall–Kier alpha value is -3.49. The van der Waals surface area contributed by atoms with Gasteiger partial charge in [0.15, 0.2) is 11.9 Å². The van der Waals surface area contributed by atoms with Gasteiger partial charge in [0.25, 0.3) is 0 Å². The minimum absolute atomic E-state index is 0.0843. The second-order valence-corrected chi connectivity index (χ2v) is 8.86. The molecule has 10 heteroatoms. The number of hydrogen-bond donors (Lipinski definition) is 1. The van der Waals surface area contributed by atoms with E-state index in [1.807, 2.05) is 0 Å². The molecule has 0 aliphatic heterocycles. The summed E-state index contributed by atoms with van der Waals surface area (Å²) in [4.78, 5) is 49.8. The number of carbonyl (C=O) groups excluding carboxylic acids is 2. The van der Waals surface area contributed by atoms with Crippen LogP contribution in [0.3, 0.4) is 0 Å². The maximum absolute atomic E-state index is 15.0. The molecule has 0 aliphatic rings. The number of ether oxygens (including phenoxy) is 1. The topological polar surface area (TPSA) is 103 Å². The molecule has 1 aromatic heterocycles. The first-order valence-electron chi connectivity index (χ1n) is 10.9. The van der Waals surface area contributed by atoms with Crippen LogP contribution in [0.15, 0.2) is 41.2 Å². The Labute approximate surface area is 216 Å². The van der Waals surface area contributed by atoms with E-state index in [0.29, 0.717) is 5.56 Å². The number of carbonyl (C=O) groups is 3. The Kier molecular flexibility index (Phi) is 8.01. The van der Waals surface area contributed by atoms with Gasteiger partial charge < -0.3 is 14.4 Å². The minimum Gasteiger partial charge on any atom is -0.477 e. The third-order valence-electron chi connectivity index (χ3n) is 5.78. The maximum atomic E-state index is 15.0. The van der Waals surface area contributed by atoms with Crippen LogP contribution in [0.4, 0.5) is 4.39 Å². The second kappa shape index (κ2) is 10.6. The number of carboxylic acids is 1. The molecule has 0 radical (unpaired) electrons. The molecular formula is C26H22Cl2FNO6. The number of ketones is 1. The Morgan fingerprint density at radius 3 is 2.33 bits per heavy atom. The van der Waals surface area contributed by atoms with Crippen LogP contribution >= 0.6 is 23.2 Å². The summed E-state index contributed by atoms with van der Waals surface area (Å²) in [6.45, 7) is 6.17. The van der Waals surface area contributed by atoms with E-state index in [4.69, 9.17) is 27.9 Å². The Balaban J connectivity index is 2.33. The van der Waals surface area contributed by atoms with Gasteiger partial charge in [-0.15, -0.1) is 0 Å². The van der Waals surface area contributed by atoms with Crippen LogP contribution in [0.2, 0.25) is 10.0 Å². The smallest absolute Gasteiger partial charge is 0.341 e. The van der Waals surface area contributed by atoms with Crippen LogP contribution in [-0.2, 0) is 16.1 Å². The van der Waals surface area contributed by atoms with Gasteiger partial charge in [0.05, 0.1) is 26.9 Å². The molecule has 0 saturated carbocycles. The second-order valence-electron chi connectivity index (χ2n) is 8.04. The number of nitrogens with zero attached hydrogens (tertiary/aromatic N) is 1. The first-order valence-corrected chi connectivity index (χ1v) is 11.6. The van der Waals surface area contributed by atoms with Crippen LogP contribution in [0, 0.1) is 12.7 Å². The molecule has 3 rings (SSSR count). The van der Waals surface area contributed by atoms with E-state index in [9.17, 15) is 24.3 Å². The van der Waals surface area contributed by atoms with Crippen molar-refractivity contribution < 1.29 is 28.6 Å². The highest BCUT2D eigenvalue weighted by atomic mass is 35.5. The van der Waals surface area contributed by atoms with Crippen molar-refractivity contribution in [3.05, 3.63) is 79.3 Å². The fourth-order valence-electron chi connectivity index (χ4n) is 3.84. The van der Waals surface area contributed by atoms with Gasteiger partial charge in [-0.2, -0.15) is 0 Å². The zero-order valence-electron chi connectivity index (χ0n) is 19.8. The molecular weight excluding hydrogens is 512 g/mol. The number of carboxylic acid groups (broad SMARTS) is 1. The van der Waals surface area contributed by atoms with E-state index >= 15 is 4.39 Å². The van der Waals surface area contributed by atoms with Gasteiger partial charge in [-0.05, 0) is 58.0 Å². The standard InChI is InChI=1S/C26H22Cl2FNO6/c1-5-30-12(2)21(17-10-16(7-9-20(17)29)26(35)36-14(4)13(3)31)24(32)22(25(33)34)23(30)15-6-8-18(27)19(28)11-15/h6-11,14H,5H2,1-4H3,(H,33,34). The molecule has 0 saturated heterocycles. The lowest BCUT2D eigenvalue weighted by molar-refractivity contribution is -0.124. The van der Waals surface area contributed by atoms with Gasteiger partial charge in [0, 0.05) is 23.4 Å². The fraction of sp³-hybridized carbons (Fsp3) is 0.231. The Bertz CT molecular complexity index is 1460. The largest absolute Gasteiger partial charge is 0.477 e. The maximum Gasteiger partial charge on any atom is 0.341 e. The first kappa shape index (κ1) is 27.1. The van der Waals surface area contributed by atoms with Crippen LogP contribution in [0.5, 0.6) is 0 Å². The van der Waals surface area contributed by atoms with Crippen LogP contribution in [-0.4, -0.2) is 33.5 Å². The molecule has 2 aromatic carbocycles. The summed E-state index contributed by atoms with van der Waals surface area (Å²) in [5.41, 5.74) is -1.42. The van der Waals surface area contributed by atoms with E-state index < -0.39 is 34.9 Å². The van der Waals surface area contributed by atoms with Gasteiger partial charge >= 0.3 is 11.9 Å². The quantitative estimate of drug-likeness (QED) is 0.385. The number of hydrogen-bond acceptors (Lipinski definition) is 5. The summed E-state index contributed by atoms with van der Waals surface area (Å²) < 4.78 is 21.7. The predicted molar refractivity (Wildman–Crippen MR) is 134 cm³/mol. The number of aromatic carboxylic acids is 1. The highest BCUT2D eigenvalue weighted by molar-refractivity contribution is 6.42. The molecule has 1 heterocycles. The number of rotatable bonds is 7. The molecule has 0 bridgehead atoms. The zero-order chi connectivity index (χ0) is 26.9. The lowest BCUT2D eigenvalue weighted by Gasteiger charge is -2.22. The summed E-state index contributed by atoms with van der Waals surface area (Å²) in [5.74, 6) is -3.63. The van der Waals surface area contributed by atoms with Crippen molar-refractivity contribution in [2.24, 2.45) is 0 Å². The summed E-state index contributed by atoms with van der Waals surface area (Å²) >= 11 is 12.1. The molecule has 0 aliphatic carbocycles. The molecule has 36 heavy (non-hydrogen) atoms. The molecule has 0 fully saturated rings. The number of aromatic nitrogens is 1. The summed E-state index contributed by atoms with van der Waals surface area (Å²) in [6.07, 6.45) is -1.02. The Morgan fingerprint density at radius 2 is 1.78 bits per heavy atom. The molecule has 1 N–H and O–H groups in total. The summed E-state index contributed by atoms with van der Waals surface area (Å²) in [6, 6.07) is 7.71. The van der Waals surface area contributed by atoms with E-state index in [1.54, 1.807) is 18.4 Å². The van der Waals surface area contributed by atoms with Gasteiger partial charge in [-0.1, -0.05) is 29.3 Å². The number of benzene rings is 2.